The highest BCUT2D eigenvalue weighted by Crippen LogP contribution is 2.30. The van der Waals surface area contributed by atoms with Crippen molar-refractivity contribution in [1.82, 2.24) is 0 Å². The zero-order chi connectivity index (χ0) is 12.6. The van der Waals surface area contributed by atoms with E-state index in [1.54, 1.807) is 18.2 Å². The summed E-state index contributed by atoms with van der Waals surface area (Å²) in [5, 5.41) is 0. The third kappa shape index (κ3) is 2.11. The number of halogens is 3. The lowest BCUT2D eigenvalue weighted by atomic mass is 10.0. The highest BCUT2D eigenvalue weighted by Gasteiger charge is 2.13. The summed E-state index contributed by atoms with van der Waals surface area (Å²) in [5.41, 5.74) is 7.28. The molecule has 0 atom stereocenters. The number of nitrogens with two attached hydrogens (primary N) is 1. The molecule has 2 rings (SSSR count). The average Bonchev–Trinajstić information content (AvgIpc) is 2.24. The molecule has 0 aliphatic carbocycles. The Hall–Kier alpha value is -1.97. The van der Waals surface area contributed by atoms with Crippen molar-refractivity contribution in [3.63, 3.8) is 0 Å². The van der Waals surface area contributed by atoms with Gasteiger partial charge in [-0.25, -0.2) is 13.2 Å². The van der Waals surface area contributed by atoms with Crippen LogP contribution < -0.4 is 5.73 Å². The molecule has 4 heteroatoms. The summed E-state index contributed by atoms with van der Waals surface area (Å²) >= 11 is 0. The van der Waals surface area contributed by atoms with Gasteiger partial charge in [-0.3, -0.25) is 0 Å². The molecule has 2 N–H and O–H groups in total. The molecule has 0 aromatic heterocycles. The minimum absolute atomic E-state index is 0.0404. The Labute approximate surface area is 96.7 Å². The highest BCUT2D eigenvalue weighted by atomic mass is 19.2. The Kier molecular flexibility index (Phi) is 2.79. The predicted octanol–water partition coefficient (Wildman–Crippen LogP) is 3.66. The summed E-state index contributed by atoms with van der Waals surface area (Å²) in [6.45, 7) is 1.84. The summed E-state index contributed by atoms with van der Waals surface area (Å²) in [5.74, 6) is -3.14. The lowest BCUT2D eigenvalue weighted by Gasteiger charge is -2.08. The van der Waals surface area contributed by atoms with Crippen molar-refractivity contribution >= 4 is 5.69 Å². The maximum absolute atomic E-state index is 13.5. The molecule has 0 spiro atoms. The van der Waals surface area contributed by atoms with Crippen molar-refractivity contribution in [3.8, 4) is 11.1 Å². The zero-order valence-electron chi connectivity index (χ0n) is 9.10. The van der Waals surface area contributed by atoms with Gasteiger partial charge in [-0.15, -0.1) is 0 Å². The first-order valence-electron chi connectivity index (χ1n) is 5.00. The molecule has 0 heterocycles. The van der Waals surface area contributed by atoms with Crippen molar-refractivity contribution in [2.75, 3.05) is 5.73 Å². The molecule has 0 aliphatic rings. The van der Waals surface area contributed by atoms with Gasteiger partial charge in [0.2, 0.25) is 0 Å². The third-order valence-electron chi connectivity index (χ3n) is 2.51. The lowest BCUT2D eigenvalue weighted by Crippen LogP contribution is -1.95. The van der Waals surface area contributed by atoms with Crippen LogP contribution in [-0.4, -0.2) is 0 Å². The smallest absolute Gasteiger partial charge is 0.161 e. The van der Waals surface area contributed by atoms with Crippen molar-refractivity contribution in [3.05, 3.63) is 53.3 Å². The van der Waals surface area contributed by atoms with Crippen molar-refractivity contribution in [2.45, 2.75) is 6.92 Å². The molecule has 0 saturated heterocycles. The molecule has 2 aromatic carbocycles. The number of hydrogen-bond donors (Lipinski definition) is 1. The Balaban J connectivity index is 2.64. The molecule has 0 unspecified atom stereocenters. The third-order valence-corrected chi connectivity index (χ3v) is 2.51. The van der Waals surface area contributed by atoms with Crippen LogP contribution in [0.3, 0.4) is 0 Å². The summed E-state index contributed by atoms with van der Waals surface area (Å²) in [7, 11) is 0. The number of rotatable bonds is 1. The molecule has 17 heavy (non-hydrogen) atoms. The second-order valence-corrected chi connectivity index (χ2v) is 3.84. The van der Waals surface area contributed by atoms with Crippen LogP contribution in [0.25, 0.3) is 11.1 Å². The van der Waals surface area contributed by atoms with Crippen LogP contribution in [0, 0.1) is 24.4 Å². The topological polar surface area (TPSA) is 26.0 Å². The van der Waals surface area contributed by atoms with Crippen molar-refractivity contribution in [2.24, 2.45) is 0 Å². The molecule has 2 aromatic rings. The first-order valence-corrected chi connectivity index (χ1v) is 5.00. The summed E-state index contributed by atoms with van der Waals surface area (Å²) < 4.78 is 39.4. The van der Waals surface area contributed by atoms with E-state index in [2.05, 4.69) is 0 Å². The zero-order valence-corrected chi connectivity index (χ0v) is 9.10. The van der Waals surface area contributed by atoms with E-state index in [0.29, 0.717) is 17.3 Å². The second kappa shape index (κ2) is 4.13. The Morgan fingerprint density at radius 3 is 2.12 bits per heavy atom. The van der Waals surface area contributed by atoms with Crippen LogP contribution in [-0.2, 0) is 0 Å². The summed E-state index contributed by atoms with van der Waals surface area (Å²) in [6.07, 6.45) is 0. The van der Waals surface area contributed by atoms with Gasteiger partial charge in [0.25, 0.3) is 0 Å². The van der Waals surface area contributed by atoms with Crippen LogP contribution in [0.1, 0.15) is 5.56 Å². The van der Waals surface area contributed by atoms with Crippen LogP contribution in [0.15, 0.2) is 30.3 Å². The van der Waals surface area contributed by atoms with Gasteiger partial charge in [-0.1, -0.05) is 12.1 Å². The van der Waals surface area contributed by atoms with Gasteiger partial charge in [0, 0.05) is 22.9 Å². The van der Waals surface area contributed by atoms with Gasteiger partial charge in [0.1, 0.15) is 5.82 Å². The minimum Gasteiger partial charge on any atom is -0.398 e. The van der Waals surface area contributed by atoms with Crippen molar-refractivity contribution < 1.29 is 13.2 Å². The lowest BCUT2D eigenvalue weighted by molar-refractivity contribution is 0.496. The van der Waals surface area contributed by atoms with Gasteiger partial charge in [0.05, 0.1) is 0 Å². The predicted molar refractivity (Wildman–Crippen MR) is 60.9 cm³/mol. The van der Waals surface area contributed by atoms with E-state index < -0.39 is 17.5 Å². The number of anilines is 1. The summed E-state index contributed by atoms with van der Waals surface area (Å²) in [6, 6.07) is 6.29. The summed E-state index contributed by atoms with van der Waals surface area (Å²) in [4.78, 5) is 0. The van der Waals surface area contributed by atoms with Gasteiger partial charge >= 0.3 is 0 Å². The highest BCUT2D eigenvalue weighted by molar-refractivity contribution is 5.77. The monoisotopic (exact) mass is 237 g/mol. The van der Waals surface area contributed by atoms with Gasteiger partial charge in [0.15, 0.2) is 11.6 Å². The largest absolute Gasteiger partial charge is 0.398 e. The minimum atomic E-state index is -1.21. The standard InChI is InChI=1S/C13H10F3N/c1-7-2-3-8(13(17)4-7)9-5-11(15)12(16)6-10(9)14/h2-6H,17H2,1H3. The molecule has 1 nitrogen and oxygen atoms in total. The Bertz CT molecular complexity index is 579. The van der Waals surface area contributed by atoms with Crippen LogP contribution in [0.5, 0.6) is 0 Å². The number of aryl methyl sites for hydroxylation is 1. The Morgan fingerprint density at radius 2 is 1.47 bits per heavy atom. The van der Waals surface area contributed by atoms with E-state index in [4.69, 9.17) is 5.73 Å². The molecule has 0 amide bonds. The first-order chi connectivity index (χ1) is 7.99. The fraction of sp³-hybridized carbons (Fsp3) is 0.0769. The molecule has 0 bridgehead atoms. The Morgan fingerprint density at radius 1 is 0.824 bits per heavy atom. The maximum atomic E-state index is 13.5. The van der Waals surface area contributed by atoms with E-state index in [1.807, 2.05) is 6.92 Å². The fourth-order valence-electron chi connectivity index (χ4n) is 1.66. The number of benzene rings is 2. The number of nitrogen functional groups attached to an aromatic ring is 1. The van der Waals surface area contributed by atoms with Gasteiger partial charge < -0.3 is 5.73 Å². The van der Waals surface area contributed by atoms with E-state index >= 15 is 0 Å². The maximum Gasteiger partial charge on any atom is 0.161 e. The van der Waals surface area contributed by atoms with Crippen LogP contribution in [0.2, 0.25) is 0 Å². The second-order valence-electron chi connectivity index (χ2n) is 3.84. The number of hydrogen-bond acceptors (Lipinski definition) is 1. The normalized spacial score (nSPS) is 10.6. The van der Waals surface area contributed by atoms with E-state index in [9.17, 15) is 13.2 Å². The van der Waals surface area contributed by atoms with Crippen molar-refractivity contribution in [1.29, 1.82) is 0 Å². The average molecular weight is 237 g/mol. The molecule has 0 fully saturated rings. The first kappa shape index (κ1) is 11.5. The molecular weight excluding hydrogens is 227 g/mol. The molecule has 88 valence electrons. The molecule has 0 saturated carbocycles. The SMILES string of the molecule is Cc1ccc(-c2cc(F)c(F)cc2F)c(N)c1. The molecule has 0 aliphatic heterocycles. The van der Waals surface area contributed by atoms with E-state index in [0.717, 1.165) is 11.6 Å². The molecule has 0 radical (unpaired) electrons. The quantitative estimate of drug-likeness (QED) is 0.594. The van der Waals surface area contributed by atoms with Crippen LogP contribution in [0.4, 0.5) is 18.9 Å². The van der Waals surface area contributed by atoms with Gasteiger partial charge in [-0.2, -0.15) is 0 Å². The fourth-order valence-corrected chi connectivity index (χ4v) is 1.66. The van der Waals surface area contributed by atoms with Gasteiger partial charge in [-0.05, 0) is 24.6 Å². The molecular formula is C13H10F3N. The van der Waals surface area contributed by atoms with E-state index in [-0.39, 0.29) is 5.56 Å². The van der Waals surface area contributed by atoms with E-state index in [1.165, 1.54) is 0 Å². The van der Waals surface area contributed by atoms with Crippen LogP contribution >= 0.6 is 0 Å².